The molecule has 2 atom stereocenters. The van der Waals surface area contributed by atoms with Crippen molar-refractivity contribution in [2.45, 2.75) is 58.3 Å². The Hall–Kier alpha value is -0.330. The van der Waals surface area contributed by atoms with Gasteiger partial charge in [-0.2, -0.15) is 0 Å². The highest BCUT2D eigenvalue weighted by molar-refractivity contribution is 5.84. The summed E-state index contributed by atoms with van der Waals surface area (Å²) in [6, 6.07) is 0. The number of Topliss-reactive ketones (excluding diaryl/α,β-unsaturated/α-hetero) is 1. The third kappa shape index (κ3) is 2.02. The largest absolute Gasteiger partial charge is 0.299 e. The van der Waals surface area contributed by atoms with Crippen molar-refractivity contribution in [1.29, 1.82) is 0 Å². The minimum absolute atomic E-state index is 0.429. The lowest BCUT2D eigenvalue weighted by atomic mass is 9.79. The molecule has 0 N–H and O–H groups in total. The van der Waals surface area contributed by atoms with Crippen molar-refractivity contribution in [2.75, 3.05) is 0 Å². The SMILES string of the molecule is CC1CCCC1C(=O)C1CCCCC1. The van der Waals surface area contributed by atoms with E-state index in [-0.39, 0.29) is 0 Å². The van der Waals surface area contributed by atoms with Crippen LogP contribution in [0.1, 0.15) is 58.3 Å². The molecule has 0 spiro atoms. The second-order valence-electron chi connectivity index (χ2n) is 5.25. The molecule has 1 heteroatoms. The van der Waals surface area contributed by atoms with Gasteiger partial charge in [0.1, 0.15) is 5.78 Å². The van der Waals surface area contributed by atoms with Crippen LogP contribution < -0.4 is 0 Å². The standard InChI is InChI=1S/C13H22O/c1-10-6-5-9-12(10)13(14)11-7-3-2-4-8-11/h10-12H,2-9H2,1H3. The minimum atomic E-state index is 0.429. The van der Waals surface area contributed by atoms with Crippen molar-refractivity contribution in [1.82, 2.24) is 0 Å². The van der Waals surface area contributed by atoms with Crippen molar-refractivity contribution >= 4 is 5.78 Å². The number of carbonyl (C=O) groups excluding carboxylic acids is 1. The van der Waals surface area contributed by atoms with Gasteiger partial charge in [-0.1, -0.05) is 32.6 Å². The molecule has 2 unspecified atom stereocenters. The second kappa shape index (κ2) is 4.46. The van der Waals surface area contributed by atoms with Crippen molar-refractivity contribution in [3.05, 3.63) is 0 Å². The molecule has 0 aliphatic heterocycles. The molecule has 1 nitrogen and oxygen atoms in total. The van der Waals surface area contributed by atoms with E-state index in [1.807, 2.05) is 0 Å². The highest BCUT2D eigenvalue weighted by Gasteiger charge is 2.34. The summed E-state index contributed by atoms with van der Waals surface area (Å²) in [5, 5.41) is 0. The molecule has 14 heavy (non-hydrogen) atoms. The Morgan fingerprint density at radius 3 is 2.21 bits per heavy atom. The van der Waals surface area contributed by atoms with Crippen LogP contribution in [0.25, 0.3) is 0 Å². The van der Waals surface area contributed by atoms with Crippen LogP contribution >= 0.6 is 0 Å². The molecule has 0 heterocycles. The van der Waals surface area contributed by atoms with Gasteiger partial charge in [-0.25, -0.2) is 0 Å². The highest BCUT2D eigenvalue weighted by atomic mass is 16.1. The topological polar surface area (TPSA) is 17.1 Å². The molecule has 2 saturated carbocycles. The Balaban J connectivity index is 1.92. The smallest absolute Gasteiger partial charge is 0.139 e. The number of hydrogen-bond donors (Lipinski definition) is 0. The van der Waals surface area contributed by atoms with Gasteiger partial charge in [0.15, 0.2) is 0 Å². The fraction of sp³-hybridized carbons (Fsp3) is 0.923. The lowest BCUT2D eigenvalue weighted by Crippen LogP contribution is -2.26. The van der Waals surface area contributed by atoms with Gasteiger partial charge in [0.25, 0.3) is 0 Å². The van der Waals surface area contributed by atoms with Gasteiger partial charge < -0.3 is 0 Å². The first kappa shape index (κ1) is 10.2. The van der Waals surface area contributed by atoms with E-state index in [2.05, 4.69) is 6.92 Å². The van der Waals surface area contributed by atoms with Crippen molar-refractivity contribution < 1.29 is 4.79 Å². The predicted molar refractivity (Wildman–Crippen MR) is 58.1 cm³/mol. The zero-order chi connectivity index (χ0) is 9.97. The third-order valence-electron chi connectivity index (χ3n) is 4.23. The molecular weight excluding hydrogens is 172 g/mol. The average molecular weight is 194 g/mol. The molecule has 0 aromatic heterocycles. The quantitative estimate of drug-likeness (QED) is 0.656. The molecule has 0 radical (unpaired) electrons. The number of carbonyl (C=O) groups is 1. The zero-order valence-electron chi connectivity index (χ0n) is 9.30. The predicted octanol–water partition coefficient (Wildman–Crippen LogP) is 3.57. The monoisotopic (exact) mass is 194 g/mol. The van der Waals surface area contributed by atoms with Gasteiger partial charge in [-0.15, -0.1) is 0 Å². The summed E-state index contributed by atoms with van der Waals surface area (Å²) < 4.78 is 0. The lowest BCUT2D eigenvalue weighted by molar-refractivity contribution is -0.128. The van der Waals surface area contributed by atoms with Crippen LogP contribution in [0.4, 0.5) is 0 Å². The second-order valence-corrected chi connectivity index (χ2v) is 5.25. The minimum Gasteiger partial charge on any atom is -0.299 e. The number of hydrogen-bond acceptors (Lipinski definition) is 1. The lowest BCUT2D eigenvalue weighted by Gasteiger charge is -2.25. The van der Waals surface area contributed by atoms with E-state index in [0.29, 0.717) is 23.5 Å². The summed E-state index contributed by atoms with van der Waals surface area (Å²) in [6.45, 7) is 2.26. The molecule has 2 rings (SSSR count). The summed E-state index contributed by atoms with van der Waals surface area (Å²) in [6.07, 6.45) is 10.0. The van der Waals surface area contributed by atoms with Crippen molar-refractivity contribution in [3.8, 4) is 0 Å². The van der Waals surface area contributed by atoms with E-state index in [0.717, 1.165) is 0 Å². The normalized spacial score (nSPS) is 34.6. The van der Waals surface area contributed by atoms with Crippen molar-refractivity contribution in [3.63, 3.8) is 0 Å². The average Bonchev–Trinajstić information content (AvgIpc) is 2.65. The first-order chi connectivity index (χ1) is 6.79. The Bertz CT molecular complexity index is 203. The van der Waals surface area contributed by atoms with Crippen LogP contribution in [0.5, 0.6) is 0 Å². The van der Waals surface area contributed by atoms with Gasteiger partial charge in [-0.05, 0) is 31.6 Å². The number of rotatable bonds is 2. The Kier molecular flexibility index (Phi) is 3.25. The van der Waals surface area contributed by atoms with E-state index in [4.69, 9.17) is 0 Å². The van der Waals surface area contributed by atoms with Crippen LogP contribution in [0.2, 0.25) is 0 Å². The van der Waals surface area contributed by atoms with Gasteiger partial charge >= 0.3 is 0 Å². The zero-order valence-corrected chi connectivity index (χ0v) is 9.30. The summed E-state index contributed by atoms with van der Waals surface area (Å²) >= 11 is 0. The van der Waals surface area contributed by atoms with Gasteiger partial charge in [0.2, 0.25) is 0 Å². The molecular formula is C13H22O. The van der Waals surface area contributed by atoms with Crippen LogP contribution in [0.15, 0.2) is 0 Å². The maximum Gasteiger partial charge on any atom is 0.139 e. The van der Waals surface area contributed by atoms with Crippen molar-refractivity contribution in [2.24, 2.45) is 17.8 Å². The first-order valence-electron chi connectivity index (χ1n) is 6.33. The fourth-order valence-electron chi connectivity index (χ4n) is 3.26. The molecule has 80 valence electrons. The number of ketones is 1. The molecule has 0 saturated heterocycles. The van der Waals surface area contributed by atoms with E-state index < -0.39 is 0 Å². The Labute approximate surface area is 87.3 Å². The van der Waals surface area contributed by atoms with E-state index in [1.165, 1.54) is 51.4 Å². The molecule has 0 amide bonds. The maximum absolute atomic E-state index is 12.2. The van der Waals surface area contributed by atoms with Crippen LogP contribution in [0, 0.1) is 17.8 Å². The van der Waals surface area contributed by atoms with Gasteiger partial charge in [-0.3, -0.25) is 4.79 Å². The molecule has 0 bridgehead atoms. The van der Waals surface area contributed by atoms with Gasteiger partial charge in [0.05, 0.1) is 0 Å². The highest BCUT2D eigenvalue weighted by Crippen LogP contribution is 2.36. The fourth-order valence-corrected chi connectivity index (χ4v) is 3.26. The first-order valence-corrected chi connectivity index (χ1v) is 6.33. The Morgan fingerprint density at radius 1 is 0.929 bits per heavy atom. The summed E-state index contributed by atoms with van der Waals surface area (Å²) in [4.78, 5) is 12.2. The van der Waals surface area contributed by atoms with Crippen LogP contribution in [0.3, 0.4) is 0 Å². The Morgan fingerprint density at radius 2 is 1.64 bits per heavy atom. The van der Waals surface area contributed by atoms with Gasteiger partial charge in [0, 0.05) is 11.8 Å². The summed E-state index contributed by atoms with van der Waals surface area (Å²) in [7, 11) is 0. The van der Waals surface area contributed by atoms with Crippen LogP contribution in [-0.4, -0.2) is 5.78 Å². The molecule has 2 fully saturated rings. The molecule has 0 aromatic rings. The third-order valence-corrected chi connectivity index (χ3v) is 4.23. The van der Waals surface area contributed by atoms with E-state index in [9.17, 15) is 4.79 Å². The molecule has 0 aromatic carbocycles. The molecule has 2 aliphatic rings. The van der Waals surface area contributed by atoms with E-state index >= 15 is 0 Å². The summed E-state index contributed by atoms with van der Waals surface area (Å²) in [5.74, 6) is 2.16. The van der Waals surface area contributed by atoms with Crippen LogP contribution in [-0.2, 0) is 4.79 Å². The van der Waals surface area contributed by atoms with E-state index in [1.54, 1.807) is 0 Å². The maximum atomic E-state index is 12.2. The molecule has 2 aliphatic carbocycles. The summed E-state index contributed by atoms with van der Waals surface area (Å²) in [5.41, 5.74) is 0.